The lowest BCUT2D eigenvalue weighted by Gasteiger charge is -2.33. The first-order chi connectivity index (χ1) is 14.6. The van der Waals surface area contributed by atoms with E-state index in [4.69, 9.17) is 0 Å². The molecule has 2 rings (SSSR count). The number of hydrogen-bond donors (Lipinski definition) is 1. The zero-order valence-corrected chi connectivity index (χ0v) is 21.3. The van der Waals surface area contributed by atoms with Crippen molar-refractivity contribution in [2.24, 2.45) is 17.8 Å². The average molecular weight is 425 g/mol. The molecule has 0 spiro atoms. The fourth-order valence-corrected chi connectivity index (χ4v) is 4.76. The van der Waals surface area contributed by atoms with Crippen molar-refractivity contribution in [2.75, 3.05) is 0 Å². The molecular formula is C29H44O2. The van der Waals surface area contributed by atoms with E-state index in [1.807, 2.05) is 0 Å². The number of phenolic OH excluding ortho intramolecular Hbond substituents is 1. The molecule has 0 heterocycles. The van der Waals surface area contributed by atoms with Gasteiger partial charge in [-0.2, -0.15) is 0 Å². The van der Waals surface area contributed by atoms with E-state index < -0.39 is 0 Å². The van der Waals surface area contributed by atoms with Gasteiger partial charge in [-0.1, -0.05) is 67.9 Å². The maximum Gasteiger partial charge on any atom is 0.166 e. The monoisotopic (exact) mass is 424 g/mol. The fourth-order valence-electron chi connectivity index (χ4n) is 4.76. The molecule has 2 heteroatoms. The van der Waals surface area contributed by atoms with Gasteiger partial charge >= 0.3 is 0 Å². The van der Waals surface area contributed by atoms with Gasteiger partial charge in [0.1, 0.15) is 5.75 Å². The third-order valence-corrected chi connectivity index (χ3v) is 7.80. The highest BCUT2D eigenvalue weighted by Gasteiger charge is 2.36. The van der Waals surface area contributed by atoms with Crippen LogP contribution in [0.4, 0.5) is 0 Å². The molecule has 1 aromatic rings. The molecule has 0 aromatic heterocycles. The molecular weight excluding hydrogens is 380 g/mol. The highest BCUT2D eigenvalue weighted by molar-refractivity contribution is 6.08. The minimum atomic E-state index is -0.113. The van der Waals surface area contributed by atoms with Crippen LogP contribution in [0.2, 0.25) is 0 Å². The summed E-state index contributed by atoms with van der Waals surface area (Å²) >= 11 is 0. The lowest BCUT2D eigenvalue weighted by molar-refractivity contribution is -0.119. The van der Waals surface area contributed by atoms with E-state index in [0.29, 0.717) is 11.5 Å². The van der Waals surface area contributed by atoms with Crippen LogP contribution in [0.15, 0.2) is 29.4 Å². The van der Waals surface area contributed by atoms with Crippen molar-refractivity contribution in [3.05, 3.63) is 46.0 Å². The maximum absolute atomic E-state index is 13.7. The Morgan fingerprint density at radius 3 is 1.74 bits per heavy atom. The van der Waals surface area contributed by atoms with Crippen LogP contribution in [0.25, 0.3) is 5.57 Å². The molecule has 2 nitrogen and oxygen atoms in total. The minimum Gasteiger partial charge on any atom is -0.507 e. The molecule has 1 aromatic carbocycles. The van der Waals surface area contributed by atoms with E-state index >= 15 is 0 Å². The van der Waals surface area contributed by atoms with Gasteiger partial charge in [0.15, 0.2) is 5.78 Å². The molecule has 0 fully saturated rings. The van der Waals surface area contributed by atoms with Crippen molar-refractivity contribution >= 4 is 11.4 Å². The van der Waals surface area contributed by atoms with Gasteiger partial charge in [-0.15, -0.1) is 0 Å². The predicted octanol–water partition coefficient (Wildman–Crippen LogP) is 8.41. The smallest absolute Gasteiger partial charge is 0.166 e. The van der Waals surface area contributed by atoms with E-state index in [2.05, 4.69) is 80.5 Å². The second kappa shape index (κ2) is 10.7. The summed E-state index contributed by atoms with van der Waals surface area (Å²) in [6.07, 6.45) is 6.03. The van der Waals surface area contributed by atoms with Gasteiger partial charge in [-0.05, 0) is 95.4 Å². The van der Waals surface area contributed by atoms with Crippen molar-refractivity contribution in [1.29, 1.82) is 0 Å². The molecule has 0 saturated heterocycles. The molecule has 172 valence electrons. The number of aromatic hydroxyl groups is 1. The topological polar surface area (TPSA) is 37.3 Å². The summed E-state index contributed by atoms with van der Waals surface area (Å²) in [6.45, 7) is 19.6. The Kier molecular flexibility index (Phi) is 8.74. The zero-order chi connectivity index (χ0) is 23.5. The van der Waals surface area contributed by atoms with Crippen LogP contribution >= 0.6 is 0 Å². The first kappa shape index (κ1) is 25.4. The van der Waals surface area contributed by atoms with Gasteiger partial charge < -0.3 is 5.11 Å². The lowest BCUT2D eigenvalue weighted by Crippen LogP contribution is -2.30. The second-order valence-corrected chi connectivity index (χ2v) is 9.86. The molecule has 1 aliphatic rings. The maximum atomic E-state index is 13.7. The van der Waals surface area contributed by atoms with Gasteiger partial charge in [0.05, 0.1) is 5.92 Å². The van der Waals surface area contributed by atoms with Crippen molar-refractivity contribution in [2.45, 2.75) is 99.8 Å². The van der Waals surface area contributed by atoms with Crippen LogP contribution in [-0.4, -0.2) is 10.9 Å². The van der Waals surface area contributed by atoms with E-state index in [9.17, 15) is 9.90 Å². The molecule has 31 heavy (non-hydrogen) atoms. The van der Waals surface area contributed by atoms with Gasteiger partial charge in [-0.25, -0.2) is 0 Å². The number of ketones is 1. The number of rotatable bonds is 9. The Labute approximate surface area is 190 Å². The summed E-state index contributed by atoms with van der Waals surface area (Å²) in [5.74, 6) is 1.74. The number of hydrogen-bond acceptors (Lipinski definition) is 2. The Bertz CT molecular complexity index is 826. The Morgan fingerprint density at radius 2 is 1.32 bits per heavy atom. The first-order valence-electron chi connectivity index (χ1n) is 12.5. The molecule has 5 unspecified atom stereocenters. The molecule has 1 aliphatic carbocycles. The van der Waals surface area contributed by atoms with Gasteiger partial charge in [0.25, 0.3) is 0 Å². The molecule has 0 radical (unpaired) electrons. The van der Waals surface area contributed by atoms with E-state index in [1.54, 1.807) is 0 Å². The van der Waals surface area contributed by atoms with Crippen LogP contribution in [0.1, 0.15) is 117 Å². The molecule has 1 N–H and O–H groups in total. The number of allylic oxidation sites excluding steroid dienone is 4. The highest BCUT2D eigenvalue weighted by atomic mass is 16.3. The second-order valence-electron chi connectivity index (χ2n) is 9.86. The van der Waals surface area contributed by atoms with Crippen LogP contribution < -0.4 is 0 Å². The van der Waals surface area contributed by atoms with Gasteiger partial charge in [0.2, 0.25) is 0 Å². The highest BCUT2D eigenvalue weighted by Crippen LogP contribution is 2.45. The quantitative estimate of drug-likeness (QED) is 0.432. The molecule has 0 aliphatic heterocycles. The number of Topliss-reactive ketones (excluding diaryl/α,β-unsaturated/α-hetero) is 1. The standard InChI is InChI=1S/C29H44O2/c1-10-17(5)23-14-21(9)26(27(29(23)31)20(8)13-4)22-15-24(18(6)11-2)28(30)25(16-22)19(7)12-3/h14-20,27,30H,10-13H2,1-9H3. The van der Waals surface area contributed by atoms with E-state index in [1.165, 1.54) is 11.1 Å². The van der Waals surface area contributed by atoms with Gasteiger partial charge in [0, 0.05) is 0 Å². The molecule has 0 amide bonds. The van der Waals surface area contributed by atoms with Crippen LogP contribution in [0, 0.1) is 17.8 Å². The first-order valence-corrected chi connectivity index (χ1v) is 12.5. The van der Waals surface area contributed by atoms with Crippen LogP contribution in [-0.2, 0) is 4.79 Å². The normalized spacial score (nSPS) is 21.0. The molecule has 0 saturated carbocycles. The third kappa shape index (κ3) is 4.99. The Morgan fingerprint density at radius 1 is 0.839 bits per heavy atom. The minimum absolute atomic E-state index is 0.113. The van der Waals surface area contributed by atoms with Crippen molar-refractivity contribution in [3.8, 4) is 5.75 Å². The largest absolute Gasteiger partial charge is 0.507 e. The average Bonchev–Trinajstić information content (AvgIpc) is 2.78. The fraction of sp³-hybridized carbons (Fsp3) is 0.621. The van der Waals surface area contributed by atoms with Crippen molar-refractivity contribution < 1.29 is 9.90 Å². The van der Waals surface area contributed by atoms with Crippen LogP contribution in [0.3, 0.4) is 0 Å². The number of phenols is 1. The number of carbonyl (C=O) groups excluding carboxylic acids is 1. The number of benzene rings is 1. The van der Waals surface area contributed by atoms with Crippen molar-refractivity contribution in [1.82, 2.24) is 0 Å². The SMILES string of the molecule is CCC(C)C1=CC(C)=C(c2cc(C(C)CC)c(O)c(C(C)CC)c2)C(C(C)CC)C1=O. The molecule has 5 atom stereocenters. The Balaban J connectivity index is 2.83. The third-order valence-electron chi connectivity index (χ3n) is 7.80. The van der Waals surface area contributed by atoms with Gasteiger partial charge in [-0.3, -0.25) is 4.79 Å². The number of carbonyl (C=O) groups is 1. The summed E-state index contributed by atoms with van der Waals surface area (Å²) in [4.78, 5) is 13.7. The summed E-state index contributed by atoms with van der Waals surface area (Å²) in [6, 6.07) is 4.33. The summed E-state index contributed by atoms with van der Waals surface area (Å²) in [5, 5.41) is 11.1. The van der Waals surface area contributed by atoms with E-state index in [0.717, 1.165) is 47.9 Å². The summed E-state index contributed by atoms with van der Waals surface area (Å²) < 4.78 is 0. The summed E-state index contributed by atoms with van der Waals surface area (Å²) in [7, 11) is 0. The Hall–Kier alpha value is -1.83. The zero-order valence-electron chi connectivity index (χ0n) is 21.3. The van der Waals surface area contributed by atoms with E-state index in [-0.39, 0.29) is 29.6 Å². The molecule has 0 bridgehead atoms. The summed E-state index contributed by atoms with van der Waals surface area (Å²) in [5.41, 5.74) is 6.51. The van der Waals surface area contributed by atoms with Crippen molar-refractivity contribution in [3.63, 3.8) is 0 Å². The predicted molar refractivity (Wildman–Crippen MR) is 134 cm³/mol. The lowest BCUT2D eigenvalue weighted by atomic mass is 9.69. The van der Waals surface area contributed by atoms with Crippen LogP contribution in [0.5, 0.6) is 5.75 Å².